The molecule has 1 aromatic carbocycles. The maximum Gasteiger partial charge on any atom is 0.152 e. The van der Waals surface area contributed by atoms with Crippen molar-refractivity contribution in [3.8, 4) is 0 Å². The van der Waals surface area contributed by atoms with E-state index in [-0.39, 0.29) is 0 Å². The van der Waals surface area contributed by atoms with Crippen molar-refractivity contribution in [2.24, 2.45) is 7.05 Å². The molecule has 0 saturated heterocycles. The zero-order valence-electron chi connectivity index (χ0n) is 9.50. The summed E-state index contributed by atoms with van der Waals surface area (Å²) in [5, 5.41) is 3.31. The molecule has 3 nitrogen and oxygen atoms in total. The van der Waals surface area contributed by atoms with Crippen molar-refractivity contribution in [2.45, 2.75) is 25.4 Å². The molecule has 1 fully saturated rings. The first-order valence-electron chi connectivity index (χ1n) is 5.69. The molecule has 17 heavy (non-hydrogen) atoms. The Morgan fingerprint density at radius 2 is 2.18 bits per heavy atom. The van der Waals surface area contributed by atoms with Crippen LogP contribution in [0.1, 0.15) is 18.7 Å². The van der Waals surface area contributed by atoms with Gasteiger partial charge in [0.25, 0.3) is 0 Å². The van der Waals surface area contributed by atoms with Crippen molar-refractivity contribution >= 4 is 11.0 Å². The molecule has 2 aromatic rings. The lowest BCUT2D eigenvalue weighted by Gasteiger charge is -2.03. The fraction of sp³-hybridized carbons (Fsp3) is 0.417. The molecule has 0 spiro atoms. The molecule has 0 amide bonds. The van der Waals surface area contributed by atoms with Gasteiger partial charge in [0, 0.05) is 25.2 Å². The standard InChI is InChI=1S/C12H13F2N3/c1-17-11(6-15-8-2-3-8)16-10-5-7(13)4-9(14)12(10)17/h4-5,8,15H,2-3,6H2,1H3. The molecule has 0 bridgehead atoms. The lowest BCUT2D eigenvalue weighted by atomic mass is 10.3. The van der Waals surface area contributed by atoms with E-state index in [1.54, 1.807) is 11.6 Å². The molecule has 0 unspecified atom stereocenters. The van der Waals surface area contributed by atoms with Gasteiger partial charge in [0.1, 0.15) is 17.2 Å². The minimum absolute atomic E-state index is 0.360. The van der Waals surface area contributed by atoms with Crippen LogP contribution in [0.15, 0.2) is 12.1 Å². The summed E-state index contributed by atoms with van der Waals surface area (Å²) in [6.07, 6.45) is 2.37. The van der Waals surface area contributed by atoms with Crippen molar-refractivity contribution in [3.05, 3.63) is 29.6 Å². The number of nitrogens with one attached hydrogen (secondary N) is 1. The number of fused-ring (bicyclic) bond motifs is 1. The molecule has 1 aromatic heterocycles. The summed E-state index contributed by atoms with van der Waals surface area (Å²) < 4.78 is 28.3. The van der Waals surface area contributed by atoms with E-state index in [1.165, 1.54) is 18.9 Å². The van der Waals surface area contributed by atoms with Gasteiger partial charge in [-0.15, -0.1) is 0 Å². The van der Waals surface area contributed by atoms with Crippen molar-refractivity contribution in [2.75, 3.05) is 0 Å². The average molecular weight is 237 g/mol. The van der Waals surface area contributed by atoms with Gasteiger partial charge >= 0.3 is 0 Å². The summed E-state index contributed by atoms with van der Waals surface area (Å²) in [5.74, 6) is -0.418. The zero-order valence-corrected chi connectivity index (χ0v) is 9.50. The van der Waals surface area contributed by atoms with Gasteiger partial charge in [-0.3, -0.25) is 0 Å². The lowest BCUT2D eigenvalue weighted by Crippen LogP contribution is -2.18. The van der Waals surface area contributed by atoms with Crippen LogP contribution >= 0.6 is 0 Å². The number of hydrogen-bond acceptors (Lipinski definition) is 2. The number of aromatic nitrogens is 2. The number of rotatable bonds is 3. The third-order valence-corrected chi connectivity index (χ3v) is 3.11. The minimum Gasteiger partial charge on any atom is -0.328 e. The van der Waals surface area contributed by atoms with Crippen LogP contribution in [0, 0.1) is 11.6 Å². The van der Waals surface area contributed by atoms with Gasteiger partial charge in [0.05, 0.1) is 12.1 Å². The van der Waals surface area contributed by atoms with E-state index in [1.807, 2.05) is 0 Å². The predicted molar refractivity (Wildman–Crippen MR) is 60.5 cm³/mol. The van der Waals surface area contributed by atoms with E-state index in [9.17, 15) is 8.78 Å². The maximum absolute atomic E-state index is 13.6. The molecular formula is C12H13F2N3. The Morgan fingerprint density at radius 3 is 2.88 bits per heavy atom. The Labute approximate surface area is 97.5 Å². The Morgan fingerprint density at radius 1 is 1.41 bits per heavy atom. The Hall–Kier alpha value is -1.49. The van der Waals surface area contributed by atoms with Crippen LogP contribution in [-0.4, -0.2) is 15.6 Å². The van der Waals surface area contributed by atoms with E-state index in [0.29, 0.717) is 23.6 Å². The van der Waals surface area contributed by atoms with Crippen LogP contribution < -0.4 is 5.32 Å². The summed E-state index contributed by atoms with van der Waals surface area (Å²) in [7, 11) is 1.75. The first-order chi connectivity index (χ1) is 8.15. The number of aryl methyl sites for hydroxylation is 1. The van der Waals surface area contributed by atoms with E-state index in [0.717, 1.165) is 11.9 Å². The Bertz CT molecular complexity index is 573. The predicted octanol–water partition coefficient (Wildman–Crippen LogP) is 2.10. The number of nitrogens with zero attached hydrogens (tertiary/aromatic N) is 2. The van der Waals surface area contributed by atoms with E-state index >= 15 is 0 Å². The second-order valence-corrected chi connectivity index (χ2v) is 4.50. The highest BCUT2D eigenvalue weighted by molar-refractivity contribution is 5.76. The summed E-state index contributed by atoms with van der Waals surface area (Å²) in [6.45, 7) is 0.594. The fourth-order valence-electron chi connectivity index (χ4n) is 1.99. The van der Waals surface area contributed by atoms with E-state index in [4.69, 9.17) is 0 Å². The number of benzene rings is 1. The average Bonchev–Trinajstić information content (AvgIpc) is 3.01. The SMILES string of the molecule is Cn1c(CNC2CC2)nc2cc(F)cc(F)c21. The maximum atomic E-state index is 13.6. The number of halogens is 2. The van der Waals surface area contributed by atoms with Gasteiger partial charge in [-0.25, -0.2) is 13.8 Å². The van der Waals surface area contributed by atoms with Gasteiger partial charge in [-0.1, -0.05) is 0 Å². The molecule has 0 radical (unpaired) electrons. The second-order valence-electron chi connectivity index (χ2n) is 4.50. The summed E-state index contributed by atoms with van der Waals surface area (Å²) >= 11 is 0. The monoisotopic (exact) mass is 237 g/mol. The quantitative estimate of drug-likeness (QED) is 0.886. The first-order valence-corrected chi connectivity index (χ1v) is 5.69. The largest absolute Gasteiger partial charge is 0.328 e. The topological polar surface area (TPSA) is 29.9 Å². The highest BCUT2D eigenvalue weighted by atomic mass is 19.1. The van der Waals surface area contributed by atoms with Crippen molar-refractivity contribution in [3.63, 3.8) is 0 Å². The molecular weight excluding hydrogens is 224 g/mol. The smallest absolute Gasteiger partial charge is 0.152 e. The second kappa shape index (κ2) is 3.77. The van der Waals surface area contributed by atoms with Crippen molar-refractivity contribution in [1.82, 2.24) is 14.9 Å². The third kappa shape index (κ3) is 1.91. The van der Waals surface area contributed by atoms with E-state index in [2.05, 4.69) is 10.3 Å². The highest BCUT2D eigenvalue weighted by Crippen LogP contribution is 2.22. The number of hydrogen-bond donors (Lipinski definition) is 1. The lowest BCUT2D eigenvalue weighted by molar-refractivity contribution is 0.586. The number of imidazole rings is 1. The van der Waals surface area contributed by atoms with Gasteiger partial charge in [0.15, 0.2) is 5.82 Å². The van der Waals surface area contributed by atoms with Crippen LogP contribution in [0.25, 0.3) is 11.0 Å². The van der Waals surface area contributed by atoms with Crippen LogP contribution in [0.2, 0.25) is 0 Å². The normalized spacial score (nSPS) is 15.7. The van der Waals surface area contributed by atoms with Gasteiger partial charge in [-0.2, -0.15) is 0 Å². The molecule has 90 valence electrons. The van der Waals surface area contributed by atoms with Crippen LogP contribution in [0.5, 0.6) is 0 Å². The van der Waals surface area contributed by atoms with Crippen LogP contribution in [0.3, 0.4) is 0 Å². The molecule has 5 heteroatoms. The molecule has 1 aliphatic rings. The summed E-state index contributed by atoms with van der Waals surface area (Å²) in [4.78, 5) is 4.25. The summed E-state index contributed by atoms with van der Waals surface area (Å²) in [5.41, 5.74) is 0.733. The molecule has 0 atom stereocenters. The van der Waals surface area contributed by atoms with E-state index < -0.39 is 11.6 Å². The van der Waals surface area contributed by atoms with Crippen LogP contribution in [-0.2, 0) is 13.6 Å². The molecule has 1 heterocycles. The molecule has 1 aliphatic carbocycles. The van der Waals surface area contributed by atoms with Gasteiger partial charge in [-0.05, 0) is 12.8 Å². The van der Waals surface area contributed by atoms with Gasteiger partial charge < -0.3 is 9.88 Å². The highest BCUT2D eigenvalue weighted by Gasteiger charge is 2.21. The zero-order chi connectivity index (χ0) is 12.0. The van der Waals surface area contributed by atoms with Crippen molar-refractivity contribution < 1.29 is 8.78 Å². The minimum atomic E-state index is -0.588. The fourth-order valence-corrected chi connectivity index (χ4v) is 1.99. The van der Waals surface area contributed by atoms with Crippen molar-refractivity contribution in [1.29, 1.82) is 0 Å². The molecule has 3 rings (SSSR count). The Kier molecular flexibility index (Phi) is 2.36. The third-order valence-electron chi connectivity index (χ3n) is 3.11. The molecule has 1 saturated carbocycles. The Balaban J connectivity index is 2.01. The van der Waals surface area contributed by atoms with Crippen LogP contribution in [0.4, 0.5) is 8.78 Å². The molecule has 0 aliphatic heterocycles. The molecule has 1 N–H and O–H groups in total. The summed E-state index contributed by atoms with van der Waals surface area (Å²) in [6, 6.07) is 2.72. The van der Waals surface area contributed by atoms with Gasteiger partial charge in [0.2, 0.25) is 0 Å². The first kappa shape index (κ1) is 10.7.